The summed E-state index contributed by atoms with van der Waals surface area (Å²) in [5, 5.41) is 3.44. The zero-order valence-electron chi connectivity index (χ0n) is 20.9. The van der Waals surface area contributed by atoms with Crippen LogP contribution in [0.15, 0.2) is 30.6 Å². The molecule has 0 unspecified atom stereocenters. The Hall–Kier alpha value is -3.04. The molecule has 0 atom stereocenters. The molecule has 4 rings (SSSR count). The summed E-state index contributed by atoms with van der Waals surface area (Å²) in [4.78, 5) is 36.2. The van der Waals surface area contributed by atoms with Crippen LogP contribution in [0, 0.1) is 0 Å². The van der Waals surface area contributed by atoms with Crippen LogP contribution in [0.2, 0.25) is 0 Å². The van der Waals surface area contributed by atoms with Crippen molar-refractivity contribution in [1.82, 2.24) is 34.6 Å². The van der Waals surface area contributed by atoms with Crippen LogP contribution in [0.5, 0.6) is 0 Å². The van der Waals surface area contributed by atoms with Gasteiger partial charge in [-0.2, -0.15) is 0 Å². The Kier molecular flexibility index (Phi) is 7.43. The summed E-state index contributed by atoms with van der Waals surface area (Å²) < 4.78 is 0. The molecule has 9 nitrogen and oxygen atoms in total. The Morgan fingerprint density at radius 2 is 1.74 bits per heavy atom. The van der Waals surface area contributed by atoms with Crippen molar-refractivity contribution in [1.29, 1.82) is 0 Å². The number of benzene rings is 1. The lowest BCUT2D eigenvalue weighted by Gasteiger charge is -2.32. The van der Waals surface area contributed by atoms with E-state index in [0.29, 0.717) is 29.1 Å². The quantitative estimate of drug-likeness (QED) is 0.529. The number of piperazine rings is 1. The number of anilines is 1. The van der Waals surface area contributed by atoms with Crippen LogP contribution in [0.3, 0.4) is 0 Å². The molecular formula is C25H36N8O. The minimum Gasteiger partial charge on any atom is -0.367 e. The molecule has 3 aromatic rings. The number of likely N-dealkylation sites (N-methyl/N-ethyl adjacent to an activating group) is 1. The number of amides is 1. The first-order valence-electron chi connectivity index (χ1n) is 12.1. The van der Waals surface area contributed by atoms with Crippen LogP contribution >= 0.6 is 0 Å². The van der Waals surface area contributed by atoms with Gasteiger partial charge >= 0.3 is 0 Å². The fourth-order valence-electron chi connectivity index (χ4n) is 4.48. The first kappa shape index (κ1) is 24.1. The van der Waals surface area contributed by atoms with E-state index < -0.39 is 0 Å². The Morgan fingerprint density at radius 3 is 2.38 bits per heavy atom. The summed E-state index contributed by atoms with van der Waals surface area (Å²) in [5.74, 6) is 1.54. The molecule has 0 bridgehead atoms. The van der Waals surface area contributed by atoms with E-state index in [1.165, 1.54) is 6.33 Å². The molecule has 182 valence electrons. The van der Waals surface area contributed by atoms with Crippen molar-refractivity contribution in [2.45, 2.75) is 39.8 Å². The lowest BCUT2D eigenvalue weighted by molar-refractivity contribution is 0.0664. The zero-order valence-corrected chi connectivity index (χ0v) is 20.9. The molecule has 9 heteroatoms. The third kappa shape index (κ3) is 5.37. The number of H-pyrrole nitrogens is 1. The Morgan fingerprint density at radius 1 is 1.06 bits per heavy atom. The van der Waals surface area contributed by atoms with E-state index in [1.54, 1.807) is 0 Å². The van der Waals surface area contributed by atoms with Crippen molar-refractivity contribution in [2.24, 2.45) is 0 Å². The molecule has 1 saturated heterocycles. The number of hydrogen-bond acceptors (Lipinski definition) is 7. The minimum absolute atomic E-state index is 0.0819. The van der Waals surface area contributed by atoms with Crippen molar-refractivity contribution >= 4 is 22.9 Å². The van der Waals surface area contributed by atoms with Crippen LogP contribution in [0.25, 0.3) is 22.6 Å². The standard InChI is InChI=1S/C25H36N8O/c1-17(2)33(18(3)4)11-10-26-23-21-24(28-16-27-23)30-22(29-21)19-6-8-20(9-7-19)25(34)32-14-12-31(5)13-15-32/h6-9,16-18H,10-15H2,1-5H3,(H2,26,27,28,29,30). The summed E-state index contributed by atoms with van der Waals surface area (Å²) in [6.45, 7) is 13.9. The summed E-state index contributed by atoms with van der Waals surface area (Å²) >= 11 is 0. The number of fused-ring (bicyclic) bond motifs is 1. The fraction of sp³-hybridized carbons (Fsp3) is 0.520. The average Bonchev–Trinajstić information content (AvgIpc) is 3.26. The fourth-order valence-corrected chi connectivity index (χ4v) is 4.48. The van der Waals surface area contributed by atoms with E-state index in [9.17, 15) is 4.79 Å². The second-order valence-electron chi connectivity index (χ2n) is 9.53. The maximum Gasteiger partial charge on any atom is 0.253 e. The summed E-state index contributed by atoms with van der Waals surface area (Å²) in [5.41, 5.74) is 3.02. The molecule has 34 heavy (non-hydrogen) atoms. The molecular weight excluding hydrogens is 428 g/mol. The molecule has 1 aliphatic heterocycles. The predicted molar refractivity (Wildman–Crippen MR) is 136 cm³/mol. The molecule has 0 saturated carbocycles. The number of nitrogens with one attached hydrogen (secondary N) is 2. The van der Waals surface area contributed by atoms with E-state index in [4.69, 9.17) is 0 Å². The minimum atomic E-state index is 0.0819. The Bertz CT molecular complexity index is 1090. The predicted octanol–water partition coefficient (Wildman–Crippen LogP) is 2.94. The zero-order chi connectivity index (χ0) is 24.2. The van der Waals surface area contributed by atoms with Crippen LogP contribution in [-0.2, 0) is 0 Å². The number of carbonyl (C=O) groups excluding carboxylic acids is 1. The third-order valence-electron chi connectivity index (χ3n) is 6.47. The van der Waals surface area contributed by atoms with Gasteiger partial charge in [-0.15, -0.1) is 0 Å². The Balaban J connectivity index is 1.46. The van der Waals surface area contributed by atoms with E-state index in [0.717, 1.165) is 56.2 Å². The first-order valence-corrected chi connectivity index (χ1v) is 12.1. The monoisotopic (exact) mass is 464 g/mol. The number of carbonyl (C=O) groups is 1. The van der Waals surface area contributed by atoms with E-state index in [1.807, 2.05) is 29.2 Å². The highest BCUT2D eigenvalue weighted by molar-refractivity contribution is 5.95. The molecule has 2 N–H and O–H groups in total. The summed E-state index contributed by atoms with van der Waals surface area (Å²) in [6.07, 6.45) is 1.54. The molecule has 1 aromatic carbocycles. The van der Waals surface area contributed by atoms with Crippen molar-refractivity contribution in [2.75, 3.05) is 51.6 Å². The van der Waals surface area contributed by atoms with Crippen molar-refractivity contribution in [3.63, 3.8) is 0 Å². The van der Waals surface area contributed by atoms with Gasteiger partial charge < -0.3 is 20.1 Å². The van der Waals surface area contributed by atoms with Gasteiger partial charge in [-0.3, -0.25) is 9.69 Å². The van der Waals surface area contributed by atoms with Crippen molar-refractivity contribution in [3.05, 3.63) is 36.2 Å². The second kappa shape index (κ2) is 10.5. The number of imidazole rings is 1. The van der Waals surface area contributed by atoms with Gasteiger partial charge in [-0.05, 0) is 46.9 Å². The van der Waals surface area contributed by atoms with E-state index >= 15 is 0 Å². The van der Waals surface area contributed by atoms with Gasteiger partial charge in [0.2, 0.25) is 0 Å². The smallest absolute Gasteiger partial charge is 0.253 e. The number of aromatic nitrogens is 4. The molecule has 0 aliphatic carbocycles. The van der Waals surface area contributed by atoms with Crippen LogP contribution in [0.4, 0.5) is 5.82 Å². The number of aromatic amines is 1. The van der Waals surface area contributed by atoms with Gasteiger partial charge in [0.1, 0.15) is 17.7 Å². The molecule has 1 amide bonds. The van der Waals surface area contributed by atoms with Crippen LogP contribution in [-0.4, -0.2) is 98.9 Å². The van der Waals surface area contributed by atoms with Gasteiger partial charge in [-0.25, -0.2) is 15.0 Å². The molecule has 3 heterocycles. The molecule has 1 aliphatic rings. The van der Waals surface area contributed by atoms with E-state index in [-0.39, 0.29) is 5.91 Å². The highest BCUT2D eigenvalue weighted by atomic mass is 16.2. The SMILES string of the molecule is CC(C)N(CCNc1ncnc2nc(-c3ccc(C(=O)N4CCN(C)CC4)cc3)[nH]c12)C(C)C. The number of nitrogens with zero attached hydrogens (tertiary/aromatic N) is 6. The molecule has 1 fully saturated rings. The topological polar surface area (TPSA) is 93.3 Å². The van der Waals surface area contributed by atoms with Crippen LogP contribution < -0.4 is 5.32 Å². The highest BCUT2D eigenvalue weighted by Crippen LogP contribution is 2.23. The molecule has 0 spiro atoms. The van der Waals surface area contributed by atoms with Crippen molar-refractivity contribution < 1.29 is 4.79 Å². The first-order chi connectivity index (χ1) is 16.3. The van der Waals surface area contributed by atoms with Gasteiger partial charge in [-0.1, -0.05) is 12.1 Å². The van der Waals surface area contributed by atoms with Gasteiger partial charge in [0, 0.05) is 62.5 Å². The van der Waals surface area contributed by atoms with Crippen LogP contribution in [0.1, 0.15) is 38.1 Å². The maximum atomic E-state index is 12.8. The average molecular weight is 465 g/mol. The Labute approximate surface area is 201 Å². The lowest BCUT2D eigenvalue weighted by Crippen LogP contribution is -2.47. The third-order valence-corrected chi connectivity index (χ3v) is 6.47. The second-order valence-corrected chi connectivity index (χ2v) is 9.53. The molecule has 2 aromatic heterocycles. The maximum absolute atomic E-state index is 12.8. The lowest BCUT2D eigenvalue weighted by atomic mass is 10.1. The van der Waals surface area contributed by atoms with Crippen molar-refractivity contribution in [3.8, 4) is 11.4 Å². The largest absolute Gasteiger partial charge is 0.367 e. The highest BCUT2D eigenvalue weighted by Gasteiger charge is 2.20. The number of hydrogen-bond donors (Lipinski definition) is 2. The van der Waals surface area contributed by atoms with E-state index in [2.05, 4.69) is 69.8 Å². The normalized spacial score (nSPS) is 15.1. The van der Waals surface area contributed by atoms with Gasteiger partial charge in [0.25, 0.3) is 5.91 Å². The molecule has 0 radical (unpaired) electrons. The van der Waals surface area contributed by atoms with Gasteiger partial charge in [0.05, 0.1) is 0 Å². The summed E-state index contributed by atoms with van der Waals surface area (Å²) in [6, 6.07) is 8.59. The summed E-state index contributed by atoms with van der Waals surface area (Å²) in [7, 11) is 2.08. The van der Waals surface area contributed by atoms with Gasteiger partial charge in [0.15, 0.2) is 11.5 Å². The number of rotatable bonds is 8.